The van der Waals surface area contributed by atoms with E-state index in [1.807, 2.05) is 32.0 Å². The van der Waals surface area contributed by atoms with Crippen LogP contribution in [0.2, 0.25) is 0 Å². The van der Waals surface area contributed by atoms with Gasteiger partial charge in [0.25, 0.3) is 11.8 Å². The Morgan fingerprint density at radius 3 is 2.17 bits per heavy atom. The number of hydrogen-bond acceptors (Lipinski definition) is 5. The maximum atomic E-state index is 11.9. The number of aryl methyl sites for hydroxylation is 3. The first-order chi connectivity index (χ1) is 13.9. The number of anilines is 1. The molecule has 0 saturated carbocycles. The van der Waals surface area contributed by atoms with E-state index in [1.54, 1.807) is 18.2 Å². The van der Waals surface area contributed by atoms with Crippen LogP contribution in [0.15, 0.2) is 36.4 Å². The second kappa shape index (κ2) is 9.09. The Balaban J connectivity index is 1.39. The number of fused-ring (bicyclic) bond motifs is 1. The third-order valence-electron chi connectivity index (χ3n) is 4.25. The van der Waals surface area contributed by atoms with Gasteiger partial charge in [0, 0.05) is 12.1 Å². The first-order valence-corrected chi connectivity index (χ1v) is 9.23. The molecule has 0 aliphatic carbocycles. The molecule has 3 amide bonds. The average Bonchev–Trinajstić information content (AvgIpc) is 2.68. The van der Waals surface area contributed by atoms with Crippen molar-refractivity contribution in [3.05, 3.63) is 53.1 Å². The van der Waals surface area contributed by atoms with Gasteiger partial charge in [-0.2, -0.15) is 0 Å². The summed E-state index contributed by atoms with van der Waals surface area (Å²) in [5.41, 5.74) is 8.35. The van der Waals surface area contributed by atoms with Gasteiger partial charge in [0.05, 0.1) is 0 Å². The number of amides is 3. The van der Waals surface area contributed by atoms with Crippen molar-refractivity contribution in [3.63, 3.8) is 0 Å². The van der Waals surface area contributed by atoms with E-state index in [4.69, 9.17) is 9.47 Å². The van der Waals surface area contributed by atoms with Gasteiger partial charge in [0.2, 0.25) is 5.91 Å². The summed E-state index contributed by atoms with van der Waals surface area (Å²) < 4.78 is 10.9. The van der Waals surface area contributed by atoms with Crippen molar-refractivity contribution in [2.75, 3.05) is 18.5 Å². The van der Waals surface area contributed by atoms with Crippen molar-refractivity contribution in [1.82, 2.24) is 10.9 Å². The number of rotatable bonds is 6. The molecule has 3 rings (SSSR count). The standard InChI is InChI=1S/C21H23N3O5/c1-13-7-14(2)9-17(8-13)29-12-21(27)24-23-20(26)11-28-16-4-5-18-15(10-16)3-6-19(25)22-18/h4-5,7-10H,3,6,11-12H2,1-2H3,(H,22,25)(H,23,26)(H,24,27). The SMILES string of the molecule is Cc1cc(C)cc(OCC(=O)NNC(=O)COc2ccc3c(c2)CCC(=O)N3)c1. The predicted molar refractivity (Wildman–Crippen MR) is 107 cm³/mol. The summed E-state index contributed by atoms with van der Waals surface area (Å²) in [6, 6.07) is 10.9. The monoisotopic (exact) mass is 397 g/mol. The molecule has 0 unspecified atom stereocenters. The van der Waals surface area contributed by atoms with E-state index in [9.17, 15) is 14.4 Å². The highest BCUT2D eigenvalue weighted by Gasteiger charge is 2.15. The molecule has 1 aliphatic rings. The van der Waals surface area contributed by atoms with Crippen LogP contribution < -0.4 is 25.6 Å². The number of carbonyl (C=O) groups is 3. The average molecular weight is 397 g/mol. The second-order valence-corrected chi connectivity index (χ2v) is 6.86. The zero-order valence-corrected chi connectivity index (χ0v) is 16.3. The highest BCUT2D eigenvalue weighted by Crippen LogP contribution is 2.26. The number of hydrazine groups is 1. The van der Waals surface area contributed by atoms with Crippen molar-refractivity contribution in [2.45, 2.75) is 26.7 Å². The minimum absolute atomic E-state index is 0.0113. The molecule has 2 aromatic carbocycles. The Kier molecular flexibility index (Phi) is 6.33. The molecule has 0 fully saturated rings. The summed E-state index contributed by atoms with van der Waals surface area (Å²) in [6.07, 6.45) is 1.05. The molecule has 0 bridgehead atoms. The first kappa shape index (κ1) is 20.2. The summed E-state index contributed by atoms with van der Waals surface area (Å²) >= 11 is 0. The van der Waals surface area contributed by atoms with Gasteiger partial charge in [-0.05, 0) is 67.3 Å². The van der Waals surface area contributed by atoms with E-state index in [-0.39, 0.29) is 19.1 Å². The molecule has 0 atom stereocenters. The fraction of sp³-hybridized carbons (Fsp3) is 0.286. The van der Waals surface area contributed by atoms with Crippen LogP contribution in [-0.2, 0) is 20.8 Å². The Morgan fingerprint density at radius 2 is 1.52 bits per heavy atom. The van der Waals surface area contributed by atoms with Gasteiger partial charge in [-0.1, -0.05) is 6.07 Å². The van der Waals surface area contributed by atoms with Gasteiger partial charge in [0.1, 0.15) is 11.5 Å². The Hall–Kier alpha value is -3.55. The lowest BCUT2D eigenvalue weighted by Crippen LogP contribution is -2.45. The minimum Gasteiger partial charge on any atom is -0.484 e. The van der Waals surface area contributed by atoms with E-state index in [1.165, 1.54) is 0 Å². The number of ether oxygens (including phenoxy) is 2. The zero-order valence-electron chi connectivity index (χ0n) is 16.3. The van der Waals surface area contributed by atoms with E-state index in [2.05, 4.69) is 16.2 Å². The van der Waals surface area contributed by atoms with Crippen LogP contribution in [0.25, 0.3) is 0 Å². The molecular weight excluding hydrogens is 374 g/mol. The summed E-state index contributed by atoms with van der Waals surface area (Å²) in [5, 5.41) is 2.78. The van der Waals surface area contributed by atoms with Gasteiger partial charge in [-0.15, -0.1) is 0 Å². The molecule has 3 N–H and O–H groups in total. The number of benzene rings is 2. The third kappa shape index (κ3) is 5.97. The fourth-order valence-electron chi connectivity index (χ4n) is 2.98. The number of hydrogen-bond donors (Lipinski definition) is 3. The van der Waals surface area contributed by atoms with Gasteiger partial charge >= 0.3 is 0 Å². The molecule has 0 aromatic heterocycles. The van der Waals surface area contributed by atoms with Crippen molar-refractivity contribution < 1.29 is 23.9 Å². The molecule has 0 saturated heterocycles. The molecular formula is C21H23N3O5. The summed E-state index contributed by atoms with van der Waals surface area (Å²) in [6.45, 7) is 3.40. The Bertz CT molecular complexity index is 922. The lowest BCUT2D eigenvalue weighted by molar-refractivity contribution is -0.131. The molecule has 29 heavy (non-hydrogen) atoms. The van der Waals surface area contributed by atoms with Crippen LogP contribution in [0.4, 0.5) is 5.69 Å². The maximum Gasteiger partial charge on any atom is 0.276 e. The molecule has 8 nitrogen and oxygen atoms in total. The lowest BCUT2D eigenvalue weighted by Gasteiger charge is -2.17. The molecule has 2 aromatic rings. The topological polar surface area (TPSA) is 106 Å². The van der Waals surface area contributed by atoms with Crippen molar-refractivity contribution in [3.8, 4) is 11.5 Å². The van der Waals surface area contributed by atoms with Crippen LogP contribution in [0, 0.1) is 13.8 Å². The zero-order chi connectivity index (χ0) is 20.8. The third-order valence-corrected chi connectivity index (χ3v) is 4.25. The Morgan fingerprint density at radius 1 is 0.897 bits per heavy atom. The highest BCUT2D eigenvalue weighted by molar-refractivity contribution is 5.94. The van der Waals surface area contributed by atoms with Crippen LogP contribution in [0.5, 0.6) is 11.5 Å². The smallest absolute Gasteiger partial charge is 0.276 e. The van der Waals surface area contributed by atoms with Gasteiger partial charge in [-0.3, -0.25) is 25.2 Å². The normalized spacial score (nSPS) is 12.4. The summed E-state index contributed by atoms with van der Waals surface area (Å²) in [5.74, 6) is 0.107. The Labute approximate surface area is 168 Å². The molecule has 1 aliphatic heterocycles. The highest BCUT2D eigenvalue weighted by atomic mass is 16.5. The molecule has 152 valence electrons. The van der Waals surface area contributed by atoms with Gasteiger partial charge in [-0.25, -0.2) is 0 Å². The fourth-order valence-corrected chi connectivity index (χ4v) is 2.98. The minimum atomic E-state index is -0.504. The van der Waals surface area contributed by atoms with Crippen LogP contribution in [-0.4, -0.2) is 30.9 Å². The van der Waals surface area contributed by atoms with Crippen molar-refractivity contribution in [1.29, 1.82) is 0 Å². The quantitative estimate of drug-likeness (QED) is 0.645. The number of carbonyl (C=O) groups excluding carboxylic acids is 3. The predicted octanol–water partition coefficient (Wildman–Crippen LogP) is 1.79. The lowest BCUT2D eigenvalue weighted by atomic mass is 10.0. The summed E-state index contributed by atoms with van der Waals surface area (Å²) in [7, 11) is 0. The molecule has 0 spiro atoms. The van der Waals surface area contributed by atoms with Crippen LogP contribution in [0.1, 0.15) is 23.1 Å². The van der Waals surface area contributed by atoms with Gasteiger partial charge < -0.3 is 14.8 Å². The second-order valence-electron chi connectivity index (χ2n) is 6.86. The maximum absolute atomic E-state index is 11.9. The van der Waals surface area contributed by atoms with E-state index in [0.717, 1.165) is 22.4 Å². The molecule has 1 heterocycles. The molecule has 8 heteroatoms. The van der Waals surface area contributed by atoms with E-state index in [0.29, 0.717) is 24.3 Å². The van der Waals surface area contributed by atoms with Crippen LogP contribution >= 0.6 is 0 Å². The molecule has 0 radical (unpaired) electrons. The number of nitrogens with one attached hydrogen (secondary N) is 3. The van der Waals surface area contributed by atoms with E-state index >= 15 is 0 Å². The largest absolute Gasteiger partial charge is 0.484 e. The van der Waals surface area contributed by atoms with Gasteiger partial charge in [0.15, 0.2) is 13.2 Å². The van der Waals surface area contributed by atoms with Crippen molar-refractivity contribution >= 4 is 23.4 Å². The van der Waals surface area contributed by atoms with Crippen molar-refractivity contribution in [2.24, 2.45) is 0 Å². The van der Waals surface area contributed by atoms with E-state index < -0.39 is 11.8 Å². The van der Waals surface area contributed by atoms with Crippen LogP contribution in [0.3, 0.4) is 0 Å². The first-order valence-electron chi connectivity index (χ1n) is 9.23. The summed E-state index contributed by atoms with van der Waals surface area (Å²) in [4.78, 5) is 35.1.